The lowest BCUT2D eigenvalue weighted by molar-refractivity contribution is 0.669. The van der Waals surface area contributed by atoms with Crippen LogP contribution in [-0.4, -0.2) is 15.0 Å². The largest absolute Gasteiger partial charge is 0.456 e. The van der Waals surface area contributed by atoms with E-state index in [0.29, 0.717) is 28.0 Å². The molecule has 10 aromatic rings. The van der Waals surface area contributed by atoms with E-state index in [2.05, 4.69) is 66.7 Å². The van der Waals surface area contributed by atoms with E-state index < -0.39 is 0 Å². The normalized spacial score (nSPS) is 12.6. The zero-order valence-electron chi connectivity index (χ0n) is 31.2. The summed E-state index contributed by atoms with van der Waals surface area (Å²) in [6, 6.07) is 50.0. The molecule has 4 nitrogen and oxygen atoms in total. The smallest absolute Gasteiger partial charge is 0.164 e. The van der Waals surface area contributed by atoms with Gasteiger partial charge in [-0.2, -0.15) is 0 Å². The van der Waals surface area contributed by atoms with Crippen molar-refractivity contribution in [2.24, 2.45) is 0 Å². The van der Waals surface area contributed by atoms with Gasteiger partial charge in [-0.25, -0.2) is 15.0 Å². The van der Waals surface area contributed by atoms with Gasteiger partial charge in [0, 0.05) is 27.5 Å². The molecule has 0 radical (unpaired) electrons. The van der Waals surface area contributed by atoms with Crippen LogP contribution in [0.4, 0.5) is 0 Å². The first-order valence-corrected chi connectivity index (χ1v) is 16.8. The number of benzene rings is 8. The predicted octanol–water partition coefficient (Wildman–Crippen LogP) is 12.4. The van der Waals surface area contributed by atoms with Gasteiger partial charge in [-0.1, -0.05) is 158 Å². The zero-order valence-corrected chi connectivity index (χ0v) is 27.2. The minimum Gasteiger partial charge on any atom is -0.456 e. The van der Waals surface area contributed by atoms with Crippen LogP contribution >= 0.6 is 0 Å². The van der Waals surface area contributed by atoms with Gasteiger partial charge in [0.15, 0.2) is 17.5 Å². The van der Waals surface area contributed by atoms with Crippen LogP contribution in [-0.2, 0) is 0 Å². The van der Waals surface area contributed by atoms with E-state index in [1.54, 1.807) is 6.07 Å². The van der Waals surface area contributed by atoms with Crippen molar-refractivity contribution in [3.8, 4) is 56.4 Å². The van der Waals surface area contributed by atoms with Gasteiger partial charge in [0.2, 0.25) is 0 Å². The van der Waals surface area contributed by atoms with Crippen LogP contribution in [0, 0.1) is 0 Å². The summed E-state index contributed by atoms with van der Waals surface area (Å²) >= 11 is 0. The van der Waals surface area contributed by atoms with Crippen molar-refractivity contribution < 1.29 is 9.90 Å². The molecule has 0 aliphatic heterocycles. The average Bonchev–Trinajstić information content (AvgIpc) is 3.61. The summed E-state index contributed by atoms with van der Waals surface area (Å²) in [7, 11) is 0. The van der Waals surface area contributed by atoms with Gasteiger partial charge in [0.25, 0.3) is 0 Å². The first-order chi connectivity index (χ1) is 26.9. The van der Waals surface area contributed by atoms with Crippen LogP contribution in [0.5, 0.6) is 0 Å². The fraction of sp³-hybridized carbons (Fsp3) is 0. The molecule has 0 saturated heterocycles. The summed E-state index contributed by atoms with van der Waals surface area (Å²) in [6.45, 7) is 0. The number of aromatic nitrogens is 3. The molecule has 51 heavy (non-hydrogen) atoms. The van der Waals surface area contributed by atoms with Crippen molar-refractivity contribution in [2.45, 2.75) is 0 Å². The fourth-order valence-electron chi connectivity index (χ4n) is 6.97. The maximum absolute atomic E-state index is 9.15. The average molecular weight is 656 g/mol. The first kappa shape index (κ1) is 25.1. The molecular formula is C47H29N3O. The highest BCUT2D eigenvalue weighted by molar-refractivity contribution is 6.12. The Morgan fingerprint density at radius 1 is 0.392 bits per heavy atom. The molecule has 0 atom stereocenters. The maximum Gasteiger partial charge on any atom is 0.164 e. The number of hydrogen-bond donors (Lipinski definition) is 0. The number of furan rings is 1. The highest BCUT2D eigenvalue weighted by atomic mass is 16.3. The third-order valence-corrected chi connectivity index (χ3v) is 9.46. The molecule has 10 rings (SSSR count). The number of rotatable bonds is 5. The molecule has 0 unspecified atom stereocenters. The summed E-state index contributed by atoms with van der Waals surface area (Å²) in [5.41, 5.74) is 6.43. The topological polar surface area (TPSA) is 51.8 Å². The van der Waals surface area contributed by atoms with Gasteiger partial charge in [0.1, 0.15) is 11.2 Å². The molecule has 2 heterocycles. The lowest BCUT2D eigenvalue weighted by Crippen LogP contribution is -2.01. The van der Waals surface area contributed by atoms with Crippen molar-refractivity contribution in [3.05, 3.63) is 176 Å². The molecule has 2 aromatic heterocycles. The Bertz CT molecular complexity index is 3140. The van der Waals surface area contributed by atoms with Crippen LogP contribution in [0.15, 0.2) is 180 Å². The van der Waals surface area contributed by atoms with Crippen LogP contribution in [0.3, 0.4) is 0 Å². The number of para-hydroxylation sites is 1. The van der Waals surface area contributed by atoms with Crippen LogP contribution < -0.4 is 0 Å². The Kier molecular flexibility index (Phi) is 5.86. The Morgan fingerprint density at radius 2 is 1.04 bits per heavy atom. The standard InChI is InChI=1S/C47H29N3O/c1-2-11-31(12-3-1)36-14-6-7-16-38(36)46-48-45(49-47(50-46)40-18-10-20-43-44(40)39-17-8-9-19-42(39)51-43)34-26-21-30(22-27-34)35-28-25-33-24-23-32-13-4-5-15-37(32)41(33)29-35/h1-29H/i8D,18D,19D,20D. The molecule has 0 spiro atoms. The van der Waals surface area contributed by atoms with Crippen molar-refractivity contribution in [2.75, 3.05) is 0 Å². The van der Waals surface area contributed by atoms with Gasteiger partial charge in [0.05, 0.1) is 5.48 Å². The van der Waals surface area contributed by atoms with E-state index in [1.807, 2.05) is 66.7 Å². The first-order valence-electron chi connectivity index (χ1n) is 18.8. The minimum atomic E-state index is 0.00656. The second-order valence-electron chi connectivity index (χ2n) is 12.5. The molecule has 4 heteroatoms. The van der Waals surface area contributed by atoms with Crippen molar-refractivity contribution in [1.82, 2.24) is 15.0 Å². The molecule has 0 saturated carbocycles. The third kappa shape index (κ3) is 5.04. The van der Waals surface area contributed by atoms with Gasteiger partial charge in [-0.15, -0.1) is 0 Å². The van der Waals surface area contributed by atoms with E-state index in [4.69, 9.17) is 24.9 Å². The minimum absolute atomic E-state index is 0.00656. The summed E-state index contributed by atoms with van der Waals surface area (Å²) in [5.74, 6) is 1.06. The Labute approximate surface area is 300 Å². The summed E-state index contributed by atoms with van der Waals surface area (Å²) in [5, 5.41) is 5.68. The second-order valence-corrected chi connectivity index (χ2v) is 12.5. The van der Waals surface area contributed by atoms with Crippen LogP contribution in [0.25, 0.3) is 99.9 Å². The highest BCUT2D eigenvalue weighted by Gasteiger charge is 2.19. The van der Waals surface area contributed by atoms with Crippen molar-refractivity contribution >= 4 is 43.5 Å². The lowest BCUT2D eigenvalue weighted by atomic mass is 9.96. The summed E-state index contributed by atoms with van der Waals surface area (Å²) < 4.78 is 40.8. The summed E-state index contributed by atoms with van der Waals surface area (Å²) in [6.07, 6.45) is 0. The molecule has 8 aromatic carbocycles. The van der Waals surface area contributed by atoms with Crippen molar-refractivity contribution in [3.63, 3.8) is 0 Å². The molecule has 0 amide bonds. The molecule has 0 aliphatic rings. The molecular weight excluding hydrogens is 623 g/mol. The van der Waals surface area contributed by atoms with E-state index >= 15 is 0 Å². The quantitative estimate of drug-likeness (QED) is 0.173. The molecule has 238 valence electrons. The maximum atomic E-state index is 9.15. The molecule has 0 N–H and O–H groups in total. The van der Waals surface area contributed by atoms with E-state index in [9.17, 15) is 0 Å². The van der Waals surface area contributed by atoms with E-state index in [1.165, 1.54) is 33.7 Å². The predicted molar refractivity (Wildman–Crippen MR) is 209 cm³/mol. The zero-order chi connectivity index (χ0) is 37.2. The number of nitrogens with zero attached hydrogens (tertiary/aromatic N) is 3. The second kappa shape index (κ2) is 11.9. The van der Waals surface area contributed by atoms with Gasteiger partial charge in [-0.3, -0.25) is 0 Å². The molecule has 0 fully saturated rings. The van der Waals surface area contributed by atoms with E-state index in [0.717, 1.165) is 33.4 Å². The molecule has 0 bridgehead atoms. The van der Waals surface area contributed by atoms with E-state index in [-0.39, 0.29) is 41.2 Å². The Hall–Kier alpha value is -6.91. The van der Waals surface area contributed by atoms with Crippen LogP contribution in [0.1, 0.15) is 5.48 Å². The monoisotopic (exact) mass is 655 g/mol. The highest BCUT2D eigenvalue weighted by Crippen LogP contribution is 2.38. The van der Waals surface area contributed by atoms with Gasteiger partial charge < -0.3 is 4.42 Å². The Morgan fingerprint density at radius 3 is 1.90 bits per heavy atom. The SMILES string of the molecule is [2H]c1cc([2H])c2oc3c([2H])cc([2H])c(-c4nc(-c5ccc(-c6ccc7ccc8ccccc8c7c6)cc5)nc(-c5ccccc5-c5ccccc5)n4)c3c2c1. The number of fused-ring (bicyclic) bond motifs is 6. The summed E-state index contributed by atoms with van der Waals surface area (Å²) in [4.78, 5) is 15.1. The third-order valence-electron chi connectivity index (χ3n) is 9.46. The van der Waals surface area contributed by atoms with Gasteiger partial charge in [-0.05, 0) is 61.9 Å². The fourth-order valence-corrected chi connectivity index (χ4v) is 6.97. The van der Waals surface area contributed by atoms with Crippen LogP contribution in [0.2, 0.25) is 0 Å². The Balaban J connectivity index is 1.18. The number of hydrogen-bond acceptors (Lipinski definition) is 4. The van der Waals surface area contributed by atoms with Gasteiger partial charge >= 0.3 is 0 Å². The lowest BCUT2D eigenvalue weighted by Gasteiger charge is -2.13. The molecule has 0 aliphatic carbocycles. The van der Waals surface area contributed by atoms with Crippen molar-refractivity contribution in [1.29, 1.82) is 0 Å².